The van der Waals surface area contributed by atoms with E-state index in [0.717, 1.165) is 5.56 Å². The van der Waals surface area contributed by atoms with Crippen LogP contribution < -0.4 is 0 Å². The van der Waals surface area contributed by atoms with Crippen LogP contribution in [0, 0.1) is 12.7 Å². The van der Waals surface area contributed by atoms with E-state index in [9.17, 15) is 9.18 Å². The van der Waals surface area contributed by atoms with Gasteiger partial charge in [0.05, 0.1) is 6.04 Å². The maximum atomic E-state index is 13.4. The lowest BCUT2D eigenvalue weighted by Crippen LogP contribution is -1.97. The first kappa shape index (κ1) is 10.6. The van der Waals surface area contributed by atoms with Crippen molar-refractivity contribution in [2.75, 3.05) is 0 Å². The molecule has 14 heavy (non-hydrogen) atoms. The number of isocyanates is 1. The molecule has 3 heteroatoms. The standard InChI is InChI=1S/C11H12FNO/c1-3-11(13-7-14)9-5-4-8(2)6-10(9)12/h4-6,11H,3H2,1-2H3/t11-/m1/s1. The van der Waals surface area contributed by atoms with Gasteiger partial charge < -0.3 is 0 Å². The van der Waals surface area contributed by atoms with E-state index in [1.54, 1.807) is 12.1 Å². The molecular weight excluding hydrogens is 181 g/mol. The molecule has 0 N–H and O–H groups in total. The number of hydrogen-bond acceptors (Lipinski definition) is 2. The predicted octanol–water partition coefficient (Wildman–Crippen LogP) is 2.92. The largest absolute Gasteiger partial charge is 0.235 e. The van der Waals surface area contributed by atoms with Gasteiger partial charge in [0.2, 0.25) is 6.08 Å². The first-order chi connectivity index (χ1) is 6.69. The highest BCUT2D eigenvalue weighted by molar-refractivity contribution is 5.36. The molecule has 2 nitrogen and oxygen atoms in total. The van der Waals surface area contributed by atoms with Gasteiger partial charge in [-0.25, -0.2) is 9.18 Å². The lowest BCUT2D eigenvalue weighted by Gasteiger charge is -2.09. The van der Waals surface area contributed by atoms with E-state index in [-0.39, 0.29) is 5.82 Å². The lowest BCUT2D eigenvalue weighted by atomic mass is 10.0. The predicted molar refractivity (Wildman–Crippen MR) is 52.3 cm³/mol. The molecule has 0 fully saturated rings. The molecule has 0 aliphatic carbocycles. The highest BCUT2D eigenvalue weighted by Crippen LogP contribution is 2.23. The zero-order valence-corrected chi connectivity index (χ0v) is 8.25. The molecule has 0 saturated heterocycles. The first-order valence-electron chi connectivity index (χ1n) is 4.52. The zero-order chi connectivity index (χ0) is 10.6. The van der Waals surface area contributed by atoms with Gasteiger partial charge in [0.15, 0.2) is 0 Å². The normalized spacial score (nSPS) is 11.9. The first-order valence-corrected chi connectivity index (χ1v) is 4.52. The SMILES string of the molecule is CC[C@@H](N=C=O)c1ccc(C)cc1F. The summed E-state index contributed by atoms with van der Waals surface area (Å²) < 4.78 is 13.4. The fraction of sp³-hybridized carbons (Fsp3) is 0.364. The third kappa shape index (κ3) is 2.27. The van der Waals surface area contributed by atoms with Gasteiger partial charge in [-0.2, -0.15) is 4.99 Å². The molecule has 0 amide bonds. The van der Waals surface area contributed by atoms with E-state index in [0.29, 0.717) is 12.0 Å². The Labute approximate surface area is 82.5 Å². The Bertz CT molecular complexity index is 370. The van der Waals surface area contributed by atoms with Crippen LogP contribution in [0.4, 0.5) is 4.39 Å². The van der Waals surface area contributed by atoms with Gasteiger partial charge in [-0.3, -0.25) is 0 Å². The summed E-state index contributed by atoms with van der Waals surface area (Å²) in [6.45, 7) is 3.67. The van der Waals surface area contributed by atoms with Crippen LogP contribution >= 0.6 is 0 Å². The minimum Gasteiger partial charge on any atom is -0.211 e. The maximum absolute atomic E-state index is 13.4. The van der Waals surface area contributed by atoms with E-state index in [2.05, 4.69) is 4.99 Å². The van der Waals surface area contributed by atoms with Crippen molar-refractivity contribution in [1.82, 2.24) is 0 Å². The summed E-state index contributed by atoms with van der Waals surface area (Å²) in [6.07, 6.45) is 2.06. The summed E-state index contributed by atoms with van der Waals surface area (Å²) in [5.74, 6) is -0.309. The number of rotatable bonds is 3. The van der Waals surface area contributed by atoms with Crippen LogP contribution in [0.2, 0.25) is 0 Å². The van der Waals surface area contributed by atoms with Crippen molar-refractivity contribution >= 4 is 6.08 Å². The lowest BCUT2D eigenvalue weighted by molar-refractivity contribution is 0.546. The number of aryl methyl sites for hydroxylation is 1. The number of hydrogen-bond donors (Lipinski definition) is 0. The fourth-order valence-electron chi connectivity index (χ4n) is 1.35. The fourth-order valence-corrected chi connectivity index (χ4v) is 1.35. The molecule has 0 aromatic heterocycles. The zero-order valence-electron chi connectivity index (χ0n) is 8.25. The van der Waals surface area contributed by atoms with E-state index in [4.69, 9.17) is 0 Å². The molecule has 0 aliphatic rings. The molecule has 1 aromatic carbocycles. The quantitative estimate of drug-likeness (QED) is 0.536. The summed E-state index contributed by atoms with van der Waals surface area (Å²) in [4.78, 5) is 13.7. The highest BCUT2D eigenvalue weighted by atomic mass is 19.1. The van der Waals surface area contributed by atoms with Gasteiger partial charge in [0.25, 0.3) is 0 Å². The van der Waals surface area contributed by atoms with Gasteiger partial charge in [0, 0.05) is 5.56 Å². The monoisotopic (exact) mass is 193 g/mol. The Hall–Kier alpha value is -1.47. The molecule has 0 radical (unpaired) electrons. The summed E-state index contributed by atoms with van der Waals surface area (Å²) in [6, 6.07) is 4.51. The molecule has 74 valence electrons. The van der Waals surface area contributed by atoms with Gasteiger partial charge >= 0.3 is 0 Å². The van der Waals surface area contributed by atoms with Gasteiger partial charge in [-0.15, -0.1) is 0 Å². The molecule has 1 rings (SSSR count). The number of carbonyl (C=O) groups excluding carboxylic acids is 1. The minimum absolute atomic E-state index is 0.309. The van der Waals surface area contributed by atoms with Crippen molar-refractivity contribution < 1.29 is 9.18 Å². The van der Waals surface area contributed by atoms with E-state index in [1.807, 2.05) is 13.8 Å². The Kier molecular flexibility index (Phi) is 3.55. The number of aliphatic imine (C=N–C) groups is 1. The average molecular weight is 193 g/mol. The third-order valence-electron chi connectivity index (χ3n) is 2.11. The number of nitrogens with zero attached hydrogens (tertiary/aromatic N) is 1. The molecule has 0 spiro atoms. The second-order valence-electron chi connectivity index (χ2n) is 3.17. The van der Waals surface area contributed by atoms with Crippen molar-refractivity contribution in [1.29, 1.82) is 0 Å². The Balaban J connectivity index is 3.10. The van der Waals surface area contributed by atoms with Crippen LogP contribution in [-0.2, 0) is 4.79 Å². The van der Waals surface area contributed by atoms with Crippen LogP contribution in [0.15, 0.2) is 23.2 Å². The van der Waals surface area contributed by atoms with Gasteiger partial charge in [-0.05, 0) is 25.0 Å². The summed E-state index contributed by atoms with van der Waals surface area (Å²) in [7, 11) is 0. The molecule has 0 heterocycles. The Morgan fingerprint density at radius 2 is 2.29 bits per heavy atom. The van der Waals surface area contributed by atoms with E-state index < -0.39 is 6.04 Å². The molecule has 1 atom stereocenters. The summed E-state index contributed by atoms with van der Waals surface area (Å²) >= 11 is 0. The molecule has 0 aliphatic heterocycles. The topological polar surface area (TPSA) is 29.4 Å². The van der Waals surface area contributed by atoms with Crippen molar-refractivity contribution in [3.05, 3.63) is 35.1 Å². The Morgan fingerprint density at radius 1 is 1.57 bits per heavy atom. The molecule has 1 aromatic rings. The summed E-state index contributed by atoms with van der Waals surface area (Å²) in [5.41, 5.74) is 1.32. The van der Waals surface area contributed by atoms with Crippen LogP contribution in [-0.4, -0.2) is 6.08 Å². The molecule has 0 saturated carbocycles. The average Bonchev–Trinajstić information content (AvgIpc) is 2.15. The number of benzene rings is 1. The molecule has 0 bridgehead atoms. The second kappa shape index (κ2) is 4.68. The molecular formula is C11H12FNO. The second-order valence-corrected chi connectivity index (χ2v) is 3.17. The van der Waals surface area contributed by atoms with Gasteiger partial charge in [0.1, 0.15) is 5.82 Å². The molecule has 0 unspecified atom stereocenters. The highest BCUT2D eigenvalue weighted by Gasteiger charge is 2.12. The smallest absolute Gasteiger partial charge is 0.211 e. The van der Waals surface area contributed by atoms with E-state index >= 15 is 0 Å². The maximum Gasteiger partial charge on any atom is 0.235 e. The Morgan fingerprint density at radius 3 is 2.79 bits per heavy atom. The van der Waals surface area contributed by atoms with Crippen LogP contribution in [0.3, 0.4) is 0 Å². The van der Waals surface area contributed by atoms with Crippen molar-refractivity contribution in [3.63, 3.8) is 0 Å². The van der Waals surface area contributed by atoms with Crippen molar-refractivity contribution in [2.45, 2.75) is 26.3 Å². The van der Waals surface area contributed by atoms with Crippen LogP contribution in [0.25, 0.3) is 0 Å². The van der Waals surface area contributed by atoms with Crippen molar-refractivity contribution in [2.24, 2.45) is 4.99 Å². The van der Waals surface area contributed by atoms with Crippen molar-refractivity contribution in [3.8, 4) is 0 Å². The number of halogens is 1. The van der Waals surface area contributed by atoms with Crippen LogP contribution in [0.1, 0.15) is 30.5 Å². The third-order valence-corrected chi connectivity index (χ3v) is 2.11. The van der Waals surface area contributed by atoms with Gasteiger partial charge in [-0.1, -0.05) is 19.1 Å². The summed E-state index contributed by atoms with van der Waals surface area (Å²) in [5, 5.41) is 0. The van der Waals surface area contributed by atoms with Crippen LogP contribution in [0.5, 0.6) is 0 Å². The van der Waals surface area contributed by atoms with E-state index in [1.165, 1.54) is 12.1 Å². The minimum atomic E-state index is -0.409.